The molecule has 0 unspecified atom stereocenters. The van der Waals surface area contributed by atoms with Crippen LogP contribution in [-0.2, 0) is 0 Å². The number of rotatable bonds is 1. The lowest BCUT2D eigenvalue weighted by atomic mass is 9.89. The molecule has 0 radical (unpaired) electrons. The van der Waals surface area contributed by atoms with E-state index < -0.39 is 6.23 Å². The molecule has 1 N–H and O–H groups in total. The van der Waals surface area contributed by atoms with Gasteiger partial charge in [-0.25, -0.2) is 4.79 Å². The quantitative estimate of drug-likeness (QED) is 0.450. The fourth-order valence-corrected chi connectivity index (χ4v) is 4.52. The minimum Gasteiger partial charge on any atom is -0.466 e. The van der Waals surface area contributed by atoms with Crippen LogP contribution in [0.25, 0.3) is 10.8 Å². The molecule has 0 saturated carbocycles. The van der Waals surface area contributed by atoms with E-state index in [-0.39, 0.29) is 12.1 Å². The molecule has 4 aromatic carbocycles. The molecular formula is C25H18N2O2. The summed E-state index contributed by atoms with van der Waals surface area (Å²) in [5, 5.41) is 5.28. The number of ether oxygens (including phenoxy) is 1. The number of carbonyl (C=O) groups excluding carboxylic acids is 1. The zero-order valence-electron chi connectivity index (χ0n) is 15.6. The Morgan fingerprint density at radius 3 is 2.45 bits per heavy atom. The van der Waals surface area contributed by atoms with Gasteiger partial charge in [-0.1, -0.05) is 78.9 Å². The first-order valence-electron chi connectivity index (χ1n) is 9.73. The van der Waals surface area contributed by atoms with E-state index in [0.29, 0.717) is 0 Å². The summed E-state index contributed by atoms with van der Waals surface area (Å²) in [7, 11) is 0. The predicted octanol–water partition coefficient (Wildman–Crippen LogP) is 5.87. The Bertz CT molecular complexity index is 1250. The lowest BCUT2D eigenvalue weighted by molar-refractivity contribution is 0.0143. The zero-order chi connectivity index (χ0) is 19.4. The molecule has 4 nitrogen and oxygen atoms in total. The molecule has 0 saturated heterocycles. The molecule has 2 atom stereocenters. The fraction of sp³-hybridized carbons (Fsp3) is 0.0800. The first-order chi connectivity index (χ1) is 14.3. The van der Waals surface area contributed by atoms with Crippen molar-refractivity contribution in [1.82, 2.24) is 4.90 Å². The van der Waals surface area contributed by atoms with Crippen LogP contribution in [-0.4, -0.2) is 10.9 Å². The van der Waals surface area contributed by atoms with E-state index in [0.717, 1.165) is 38.9 Å². The van der Waals surface area contributed by atoms with Crippen LogP contribution in [0.15, 0.2) is 91.0 Å². The van der Waals surface area contributed by atoms with Crippen LogP contribution in [0.5, 0.6) is 5.75 Å². The van der Waals surface area contributed by atoms with Crippen molar-refractivity contribution in [3.8, 4) is 5.75 Å². The summed E-state index contributed by atoms with van der Waals surface area (Å²) < 4.78 is 6.46. The zero-order valence-corrected chi connectivity index (χ0v) is 15.6. The number of hydrogen-bond acceptors (Lipinski definition) is 2. The molecular weight excluding hydrogens is 360 g/mol. The number of amides is 2. The first kappa shape index (κ1) is 16.2. The van der Waals surface area contributed by atoms with Crippen molar-refractivity contribution in [2.75, 3.05) is 5.32 Å². The summed E-state index contributed by atoms with van der Waals surface area (Å²) in [5.74, 6) is 0.823. The van der Waals surface area contributed by atoms with Crippen molar-refractivity contribution in [2.24, 2.45) is 0 Å². The van der Waals surface area contributed by atoms with Crippen LogP contribution < -0.4 is 10.1 Å². The van der Waals surface area contributed by atoms with Gasteiger partial charge in [0.2, 0.25) is 6.23 Å². The van der Waals surface area contributed by atoms with E-state index in [1.54, 1.807) is 0 Å². The van der Waals surface area contributed by atoms with Gasteiger partial charge >= 0.3 is 6.03 Å². The molecule has 29 heavy (non-hydrogen) atoms. The average Bonchev–Trinajstić information content (AvgIpc) is 2.78. The van der Waals surface area contributed by atoms with Crippen molar-refractivity contribution in [3.63, 3.8) is 0 Å². The van der Waals surface area contributed by atoms with Gasteiger partial charge in [0, 0.05) is 11.1 Å². The summed E-state index contributed by atoms with van der Waals surface area (Å²) in [5.41, 5.74) is 3.86. The van der Waals surface area contributed by atoms with E-state index in [1.165, 1.54) is 0 Å². The second kappa shape index (κ2) is 6.11. The lowest BCUT2D eigenvalue weighted by Crippen LogP contribution is -2.49. The molecule has 2 aliphatic heterocycles. The summed E-state index contributed by atoms with van der Waals surface area (Å²) in [6.45, 7) is 0. The Hall–Kier alpha value is -3.79. The van der Waals surface area contributed by atoms with Gasteiger partial charge in [0.05, 0.1) is 11.7 Å². The summed E-state index contributed by atoms with van der Waals surface area (Å²) in [4.78, 5) is 15.1. The molecule has 4 heteroatoms. The molecule has 0 spiro atoms. The van der Waals surface area contributed by atoms with Gasteiger partial charge in [-0.2, -0.15) is 0 Å². The summed E-state index contributed by atoms with van der Waals surface area (Å²) >= 11 is 0. The SMILES string of the molecule is O=C1Nc2ccccc2[C@H]2Oc3ccc4ccccc4c3[C@H](c3ccccc3)N12. The van der Waals surface area contributed by atoms with Crippen LogP contribution in [0.1, 0.15) is 29.0 Å². The smallest absolute Gasteiger partial charge is 0.325 e. The van der Waals surface area contributed by atoms with E-state index >= 15 is 0 Å². The largest absolute Gasteiger partial charge is 0.466 e. The Labute approximate surface area is 168 Å². The minimum absolute atomic E-state index is 0.152. The number of carbonyl (C=O) groups is 1. The Balaban J connectivity index is 1.66. The van der Waals surface area contributed by atoms with Gasteiger partial charge < -0.3 is 10.1 Å². The summed E-state index contributed by atoms with van der Waals surface area (Å²) in [6, 6.07) is 30.0. The van der Waals surface area contributed by atoms with Gasteiger partial charge in [-0.15, -0.1) is 0 Å². The Morgan fingerprint density at radius 1 is 0.793 bits per heavy atom. The highest BCUT2D eigenvalue weighted by molar-refractivity contribution is 5.95. The highest BCUT2D eigenvalue weighted by Gasteiger charge is 2.44. The third-order valence-corrected chi connectivity index (χ3v) is 5.79. The normalized spacial score (nSPS) is 19.6. The van der Waals surface area contributed by atoms with Crippen molar-refractivity contribution in [3.05, 3.63) is 108 Å². The molecule has 6 rings (SSSR count). The maximum absolute atomic E-state index is 13.3. The van der Waals surface area contributed by atoms with E-state index in [9.17, 15) is 4.79 Å². The van der Waals surface area contributed by atoms with E-state index in [1.807, 2.05) is 65.6 Å². The fourth-order valence-electron chi connectivity index (χ4n) is 4.52. The van der Waals surface area contributed by atoms with Crippen LogP contribution in [0, 0.1) is 0 Å². The molecule has 0 aromatic heterocycles. The van der Waals surface area contributed by atoms with Gasteiger partial charge in [0.15, 0.2) is 0 Å². The molecule has 0 aliphatic carbocycles. The topological polar surface area (TPSA) is 41.6 Å². The predicted molar refractivity (Wildman–Crippen MR) is 113 cm³/mol. The highest BCUT2D eigenvalue weighted by atomic mass is 16.5. The molecule has 2 heterocycles. The van der Waals surface area contributed by atoms with Gasteiger partial charge in [0.1, 0.15) is 5.75 Å². The highest BCUT2D eigenvalue weighted by Crippen LogP contribution is 2.50. The second-order valence-electron chi connectivity index (χ2n) is 7.41. The average molecular weight is 378 g/mol. The molecule has 0 bridgehead atoms. The molecule has 2 aliphatic rings. The first-order valence-corrected chi connectivity index (χ1v) is 9.73. The van der Waals surface area contributed by atoms with E-state index in [2.05, 4.69) is 35.6 Å². The van der Waals surface area contributed by atoms with Crippen molar-refractivity contribution in [2.45, 2.75) is 12.3 Å². The number of nitrogens with zero attached hydrogens (tertiary/aromatic N) is 1. The summed E-state index contributed by atoms with van der Waals surface area (Å²) in [6.07, 6.45) is -0.473. The van der Waals surface area contributed by atoms with Crippen molar-refractivity contribution >= 4 is 22.5 Å². The van der Waals surface area contributed by atoms with Crippen molar-refractivity contribution in [1.29, 1.82) is 0 Å². The maximum Gasteiger partial charge on any atom is 0.325 e. The molecule has 2 amide bonds. The number of anilines is 1. The number of nitrogens with one attached hydrogen (secondary N) is 1. The van der Waals surface area contributed by atoms with Crippen LogP contribution >= 0.6 is 0 Å². The van der Waals surface area contributed by atoms with Gasteiger partial charge in [0.25, 0.3) is 0 Å². The molecule has 140 valence electrons. The standard InChI is InChI=1S/C25H18N2O2/c28-25-26-20-13-7-6-12-19(20)24-27(25)23(17-9-2-1-3-10-17)22-18-11-5-4-8-16(18)14-15-21(22)29-24/h1-15,23-24H,(H,26,28)/t23-,24+/m0/s1. The van der Waals surface area contributed by atoms with Crippen LogP contribution in [0.2, 0.25) is 0 Å². The van der Waals surface area contributed by atoms with Crippen molar-refractivity contribution < 1.29 is 9.53 Å². The number of para-hydroxylation sites is 1. The minimum atomic E-state index is -0.473. The molecule has 4 aromatic rings. The van der Waals surface area contributed by atoms with Crippen LogP contribution in [0.4, 0.5) is 10.5 Å². The Kier molecular flexibility index (Phi) is 3.41. The lowest BCUT2D eigenvalue weighted by Gasteiger charge is -2.46. The van der Waals surface area contributed by atoms with E-state index in [4.69, 9.17) is 4.74 Å². The number of fused-ring (bicyclic) bond motifs is 6. The van der Waals surface area contributed by atoms with Crippen LogP contribution in [0.3, 0.4) is 0 Å². The number of hydrogen-bond donors (Lipinski definition) is 1. The second-order valence-corrected chi connectivity index (χ2v) is 7.41. The van der Waals surface area contributed by atoms with Gasteiger partial charge in [-0.3, -0.25) is 4.90 Å². The number of urea groups is 1. The third kappa shape index (κ3) is 2.36. The van der Waals surface area contributed by atoms with Gasteiger partial charge in [-0.05, 0) is 28.5 Å². The number of benzene rings is 4. The Morgan fingerprint density at radius 2 is 1.55 bits per heavy atom. The third-order valence-electron chi connectivity index (χ3n) is 5.79. The monoisotopic (exact) mass is 378 g/mol. The maximum atomic E-state index is 13.3. The molecule has 0 fully saturated rings.